The smallest absolute Gasteiger partial charge is 0.344 e. The van der Waals surface area contributed by atoms with Crippen molar-refractivity contribution in [1.82, 2.24) is 0 Å². The molecule has 2 bridgehead atoms. The van der Waals surface area contributed by atoms with Gasteiger partial charge in [0.15, 0.2) is 12.4 Å². The Morgan fingerprint density at radius 1 is 1.42 bits per heavy atom. The summed E-state index contributed by atoms with van der Waals surface area (Å²) < 4.78 is 10.6. The molecule has 0 aromatic carbocycles. The molecular weight excluding hydrogens is 310 g/mol. The Morgan fingerprint density at radius 2 is 2.12 bits per heavy atom. The summed E-state index contributed by atoms with van der Waals surface area (Å²) >= 11 is 0. The topological polar surface area (TPSA) is 93.5 Å². The van der Waals surface area contributed by atoms with E-state index in [9.17, 15) is 19.6 Å². The molecule has 0 aromatic rings. The van der Waals surface area contributed by atoms with Gasteiger partial charge in [-0.3, -0.25) is 9.59 Å². The minimum absolute atomic E-state index is 0.00262. The summed E-state index contributed by atoms with van der Waals surface area (Å²) in [5.41, 5.74) is -1.47. The number of carbonyl (C=O) groups is 3. The summed E-state index contributed by atoms with van der Waals surface area (Å²) in [5.74, 6) is -0.971. The Bertz CT molecular complexity index is 634. The number of fused-ring (bicyclic) bond motifs is 1. The molecule has 0 spiro atoms. The lowest BCUT2D eigenvalue weighted by atomic mass is 9.74. The van der Waals surface area contributed by atoms with Crippen molar-refractivity contribution in [2.75, 3.05) is 6.61 Å². The second-order valence-electron chi connectivity index (χ2n) is 7.95. The van der Waals surface area contributed by atoms with Crippen LogP contribution in [0.15, 0.2) is 0 Å². The SMILES string of the molecule is CCC(C)(C)C(=O)OCC(=O)OC1C2CC3C1CC(=O)C3(C#N)C2. The first-order valence-corrected chi connectivity index (χ1v) is 8.56. The maximum atomic E-state index is 12.2. The van der Waals surface area contributed by atoms with Gasteiger partial charge in [-0.15, -0.1) is 0 Å². The number of esters is 2. The number of nitriles is 1. The number of nitrogens with zero attached hydrogens (tertiary/aromatic N) is 1. The number of ketones is 1. The van der Waals surface area contributed by atoms with Gasteiger partial charge in [-0.2, -0.15) is 5.26 Å². The molecule has 6 heteroatoms. The molecule has 3 saturated carbocycles. The third-order valence-corrected chi connectivity index (χ3v) is 6.32. The molecule has 130 valence electrons. The molecule has 0 amide bonds. The van der Waals surface area contributed by atoms with Gasteiger partial charge in [0.05, 0.1) is 11.5 Å². The molecule has 5 atom stereocenters. The summed E-state index contributed by atoms with van der Waals surface area (Å²) in [6.07, 6.45) is 1.87. The van der Waals surface area contributed by atoms with E-state index in [1.807, 2.05) is 6.92 Å². The van der Waals surface area contributed by atoms with Crippen molar-refractivity contribution in [2.45, 2.75) is 52.6 Å². The number of Topliss-reactive ketones (excluding diaryl/α,β-unsaturated/α-hetero) is 1. The highest BCUT2D eigenvalue weighted by atomic mass is 16.6. The van der Waals surface area contributed by atoms with Crippen molar-refractivity contribution in [2.24, 2.45) is 28.6 Å². The van der Waals surface area contributed by atoms with Crippen LogP contribution in [-0.2, 0) is 23.9 Å². The highest BCUT2D eigenvalue weighted by Crippen LogP contribution is 2.65. The third-order valence-electron chi connectivity index (χ3n) is 6.32. The highest BCUT2D eigenvalue weighted by molar-refractivity contribution is 5.91. The molecule has 3 fully saturated rings. The van der Waals surface area contributed by atoms with Crippen LogP contribution in [0.1, 0.15) is 46.5 Å². The lowest BCUT2D eigenvalue weighted by molar-refractivity contribution is -0.170. The average Bonchev–Trinajstić information content (AvgIpc) is 3.14. The Kier molecular flexibility index (Phi) is 3.94. The van der Waals surface area contributed by atoms with Crippen LogP contribution in [0.3, 0.4) is 0 Å². The van der Waals surface area contributed by atoms with Crippen molar-refractivity contribution in [3.8, 4) is 6.07 Å². The standard InChI is InChI=1S/C18H23NO5/c1-4-17(2,3)16(22)23-8-14(21)24-15-10-5-12-11(15)6-13(20)18(12,7-10)9-19/h10-12,15H,4-8H2,1-3H3. The molecule has 0 radical (unpaired) electrons. The van der Waals surface area contributed by atoms with Crippen LogP contribution in [0.5, 0.6) is 0 Å². The first kappa shape index (κ1) is 16.9. The fourth-order valence-corrected chi connectivity index (χ4v) is 4.54. The van der Waals surface area contributed by atoms with Crippen molar-refractivity contribution in [3.63, 3.8) is 0 Å². The Labute approximate surface area is 141 Å². The van der Waals surface area contributed by atoms with Crippen molar-refractivity contribution >= 4 is 17.7 Å². The minimum atomic E-state index is -0.837. The zero-order chi connectivity index (χ0) is 17.7. The van der Waals surface area contributed by atoms with Crippen LogP contribution in [-0.4, -0.2) is 30.4 Å². The van der Waals surface area contributed by atoms with Gasteiger partial charge in [-0.05, 0) is 44.9 Å². The largest absolute Gasteiger partial charge is 0.459 e. The maximum Gasteiger partial charge on any atom is 0.344 e. The molecule has 3 rings (SSSR count). The van der Waals surface area contributed by atoms with Gasteiger partial charge in [-0.25, -0.2) is 4.79 Å². The van der Waals surface area contributed by atoms with E-state index in [0.29, 0.717) is 19.3 Å². The fourth-order valence-electron chi connectivity index (χ4n) is 4.54. The van der Waals surface area contributed by atoms with Gasteiger partial charge in [-0.1, -0.05) is 6.92 Å². The zero-order valence-electron chi connectivity index (χ0n) is 14.3. The van der Waals surface area contributed by atoms with E-state index in [2.05, 4.69) is 6.07 Å². The van der Waals surface area contributed by atoms with Gasteiger partial charge < -0.3 is 9.47 Å². The van der Waals surface area contributed by atoms with E-state index in [0.717, 1.165) is 6.42 Å². The van der Waals surface area contributed by atoms with Crippen molar-refractivity contribution in [3.05, 3.63) is 0 Å². The Hall–Kier alpha value is -1.90. The summed E-state index contributed by atoms with van der Waals surface area (Å²) in [6.45, 7) is 5.01. The molecule has 24 heavy (non-hydrogen) atoms. The summed E-state index contributed by atoms with van der Waals surface area (Å²) in [7, 11) is 0. The molecule has 0 aliphatic heterocycles. The molecule has 3 aliphatic carbocycles. The van der Waals surface area contributed by atoms with E-state index in [1.165, 1.54) is 0 Å². The first-order valence-electron chi connectivity index (χ1n) is 8.56. The molecule has 0 aromatic heterocycles. The van der Waals surface area contributed by atoms with E-state index in [1.54, 1.807) is 13.8 Å². The molecule has 0 heterocycles. The summed E-state index contributed by atoms with van der Waals surface area (Å²) in [5, 5.41) is 9.41. The van der Waals surface area contributed by atoms with Gasteiger partial charge in [0.1, 0.15) is 11.5 Å². The third kappa shape index (κ3) is 2.33. The second-order valence-corrected chi connectivity index (χ2v) is 7.95. The van der Waals surface area contributed by atoms with Gasteiger partial charge in [0, 0.05) is 12.3 Å². The average molecular weight is 333 g/mol. The van der Waals surface area contributed by atoms with E-state index in [-0.39, 0.29) is 29.6 Å². The second kappa shape index (κ2) is 5.58. The molecular formula is C18H23NO5. The van der Waals surface area contributed by atoms with Crippen molar-refractivity contribution in [1.29, 1.82) is 5.26 Å². The molecule has 5 unspecified atom stereocenters. The van der Waals surface area contributed by atoms with E-state index in [4.69, 9.17) is 9.47 Å². The first-order chi connectivity index (χ1) is 11.2. The molecule has 3 aliphatic rings. The summed E-state index contributed by atoms with van der Waals surface area (Å²) in [6, 6.07) is 2.23. The Morgan fingerprint density at radius 3 is 2.75 bits per heavy atom. The summed E-state index contributed by atoms with van der Waals surface area (Å²) in [4.78, 5) is 36.2. The van der Waals surface area contributed by atoms with Gasteiger partial charge >= 0.3 is 11.9 Å². The van der Waals surface area contributed by atoms with Crippen LogP contribution < -0.4 is 0 Å². The number of rotatable bonds is 5. The quantitative estimate of drug-likeness (QED) is 0.715. The number of ether oxygens (including phenoxy) is 2. The lowest BCUT2D eigenvalue weighted by Gasteiger charge is -2.30. The maximum absolute atomic E-state index is 12.2. The van der Waals surface area contributed by atoms with Gasteiger partial charge in [0.2, 0.25) is 0 Å². The van der Waals surface area contributed by atoms with Crippen LogP contribution in [0.25, 0.3) is 0 Å². The Balaban J connectivity index is 1.57. The fraction of sp³-hybridized carbons (Fsp3) is 0.778. The van der Waals surface area contributed by atoms with Crippen LogP contribution in [0.4, 0.5) is 0 Å². The predicted molar refractivity (Wildman–Crippen MR) is 82.3 cm³/mol. The highest BCUT2D eigenvalue weighted by Gasteiger charge is 2.69. The lowest BCUT2D eigenvalue weighted by Crippen LogP contribution is -2.37. The monoisotopic (exact) mass is 333 g/mol. The van der Waals surface area contributed by atoms with Gasteiger partial charge in [0.25, 0.3) is 0 Å². The molecule has 0 N–H and O–H groups in total. The van der Waals surface area contributed by atoms with Crippen LogP contribution >= 0.6 is 0 Å². The predicted octanol–water partition coefficient (Wildman–Crippen LogP) is 2.02. The number of hydrogen-bond acceptors (Lipinski definition) is 6. The number of hydrogen-bond donors (Lipinski definition) is 0. The van der Waals surface area contributed by atoms with Crippen LogP contribution in [0.2, 0.25) is 0 Å². The van der Waals surface area contributed by atoms with E-state index >= 15 is 0 Å². The number of carbonyl (C=O) groups excluding carboxylic acids is 3. The minimum Gasteiger partial charge on any atom is -0.459 e. The van der Waals surface area contributed by atoms with Crippen LogP contribution in [0, 0.1) is 39.9 Å². The molecule has 6 nitrogen and oxygen atoms in total. The molecule has 0 saturated heterocycles. The van der Waals surface area contributed by atoms with Crippen molar-refractivity contribution < 1.29 is 23.9 Å². The van der Waals surface area contributed by atoms with E-state index < -0.39 is 29.4 Å². The normalized spacial score (nSPS) is 36.5. The zero-order valence-corrected chi connectivity index (χ0v) is 14.3.